The minimum Gasteiger partial charge on any atom is -0.381 e. The molecule has 1 atom stereocenters. The lowest BCUT2D eigenvalue weighted by Gasteiger charge is -2.16. The third-order valence-electron chi connectivity index (χ3n) is 4.30. The van der Waals surface area contributed by atoms with Gasteiger partial charge >= 0.3 is 0 Å². The average molecular weight is 469 g/mol. The van der Waals surface area contributed by atoms with Crippen LogP contribution < -0.4 is 16.0 Å². The third kappa shape index (κ3) is 16.5. The van der Waals surface area contributed by atoms with E-state index in [-0.39, 0.29) is 6.10 Å². The molecule has 0 radical (unpaired) electrons. The van der Waals surface area contributed by atoms with E-state index >= 15 is 0 Å². The molecule has 192 valence electrons. The van der Waals surface area contributed by atoms with E-state index in [1.54, 1.807) is 0 Å². The lowest BCUT2D eigenvalue weighted by Crippen LogP contribution is -2.23. The molecule has 1 unspecified atom stereocenters. The van der Waals surface area contributed by atoms with Crippen LogP contribution in [-0.4, -0.2) is 73.7 Å². The fourth-order valence-corrected chi connectivity index (χ4v) is 2.65. The second-order valence-corrected chi connectivity index (χ2v) is 9.72. The van der Waals surface area contributed by atoms with Gasteiger partial charge in [-0.25, -0.2) is 0 Å². The van der Waals surface area contributed by atoms with E-state index in [2.05, 4.69) is 72.4 Å². The Hall–Kier alpha value is -1.71. The van der Waals surface area contributed by atoms with Gasteiger partial charge in [0.05, 0.1) is 6.10 Å². The molecule has 0 aromatic carbocycles. The van der Waals surface area contributed by atoms with E-state index in [4.69, 9.17) is 14.2 Å². The van der Waals surface area contributed by atoms with Crippen molar-refractivity contribution in [3.8, 4) is 0 Å². The molecular formula is C24H48N6O3. The van der Waals surface area contributed by atoms with Crippen LogP contribution in [0.15, 0.2) is 0 Å². The van der Waals surface area contributed by atoms with Gasteiger partial charge in [-0.05, 0) is 37.5 Å². The number of nitrogens with one attached hydrogen (secondary N) is 3. The molecule has 0 aliphatic rings. The Morgan fingerprint density at radius 3 is 1.45 bits per heavy atom. The number of hydrogen-bond acceptors (Lipinski definition) is 9. The fraction of sp³-hybridized carbons (Fsp3) is 0.875. The summed E-state index contributed by atoms with van der Waals surface area (Å²) in [7, 11) is 0. The zero-order valence-corrected chi connectivity index (χ0v) is 21.9. The van der Waals surface area contributed by atoms with Gasteiger partial charge in [0, 0.05) is 52.7 Å². The van der Waals surface area contributed by atoms with Gasteiger partial charge in [0.1, 0.15) is 0 Å². The van der Waals surface area contributed by atoms with Crippen LogP contribution in [-0.2, 0) is 14.2 Å². The van der Waals surface area contributed by atoms with Gasteiger partial charge in [-0.3, -0.25) is 0 Å². The van der Waals surface area contributed by atoms with Gasteiger partial charge in [-0.15, -0.1) is 0 Å². The Bertz CT molecular complexity index is 578. The molecule has 3 N–H and O–H groups in total. The molecule has 0 aliphatic carbocycles. The molecule has 0 aliphatic heterocycles. The Balaban J connectivity index is 2.57. The van der Waals surface area contributed by atoms with E-state index in [0.717, 1.165) is 45.8 Å². The summed E-state index contributed by atoms with van der Waals surface area (Å²) < 4.78 is 17.1. The second-order valence-electron chi connectivity index (χ2n) is 9.72. The summed E-state index contributed by atoms with van der Waals surface area (Å²) in [6.07, 6.45) is 1.84. The highest BCUT2D eigenvalue weighted by molar-refractivity contribution is 5.42. The van der Waals surface area contributed by atoms with Crippen molar-refractivity contribution in [2.75, 3.05) is 68.6 Å². The van der Waals surface area contributed by atoms with Crippen molar-refractivity contribution in [2.45, 2.75) is 67.4 Å². The molecule has 33 heavy (non-hydrogen) atoms. The Morgan fingerprint density at radius 2 is 1.03 bits per heavy atom. The van der Waals surface area contributed by atoms with Crippen LogP contribution in [0.4, 0.5) is 17.8 Å². The third-order valence-corrected chi connectivity index (χ3v) is 4.30. The standard InChI is InChI=1S/C24H48N6O3/c1-18(2)15-31-12-8-10-25-22-28-23(26-11-9-13-32-16-19(3)4)30-24(29-22)27-14-21(7)33-17-20(5)6/h18-21H,8-17H2,1-7H3,(H3,25,26,27,28,29,30). The first-order chi connectivity index (χ1) is 15.8. The van der Waals surface area contributed by atoms with E-state index in [0.29, 0.717) is 55.4 Å². The van der Waals surface area contributed by atoms with Crippen molar-refractivity contribution in [3.05, 3.63) is 0 Å². The first-order valence-corrected chi connectivity index (χ1v) is 12.5. The summed E-state index contributed by atoms with van der Waals surface area (Å²) in [5.41, 5.74) is 0. The summed E-state index contributed by atoms with van der Waals surface area (Å²) in [6.45, 7) is 20.8. The second kappa shape index (κ2) is 17.7. The van der Waals surface area contributed by atoms with Gasteiger partial charge in [0.2, 0.25) is 17.8 Å². The van der Waals surface area contributed by atoms with Crippen LogP contribution in [0.1, 0.15) is 61.3 Å². The topological polar surface area (TPSA) is 102 Å². The van der Waals surface area contributed by atoms with Gasteiger partial charge in [-0.1, -0.05) is 41.5 Å². The smallest absolute Gasteiger partial charge is 0.229 e. The highest BCUT2D eigenvalue weighted by Crippen LogP contribution is 2.10. The molecule has 0 spiro atoms. The number of rotatable bonds is 20. The summed E-state index contributed by atoms with van der Waals surface area (Å²) in [4.78, 5) is 13.6. The van der Waals surface area contributed by atoms with Crippen LogP contribution in [0.5, 0.6) is 0 Å². The average Bonchev–Trinajstić information content (AvgIpc) is 2.75. The summed E-state index contributed by atoms with van der Waals surface area (Å²) in [6, 6.07) is 0. The van der Waals surface area contributed by atoms with Gasteiger partial charge in [-0.2, -0.15) is 15.0 Å². The molecule has 9 nitrogen and oxygen atoms in total. The van der Waals surface area contributed by atoms with E-state index < -0.39 is 0 Å². The summed E-state index contributed by atoms with van der Waals surface area (Å²) >= 11 is 0. The molecular weight excluding hydrogens is 420 g/mol. The minimum atomic E-state index is 0.0631. The molecule has 1 heterocycles. The zero-order valence-electron chi connectivity index (χ0n) is 21.9. The zero-order chi connectivity index (χ0) is 24.5. The molecule has 0 amide bonds. The maximum atomic E-state index is 5.83. The monoisotopic (exact) mass is 468 g/mol. The van der Waals surface area contributed by atoms with Gasteiger partial charge in [0.15, 0.2) is 0 Å². The van der Waals surface area contributed by atoms with Gasteiger partial charge < -0.3 is 30.2 Å². The predicted octanol–water partition coefficient (Wildman–Crippen LogP) is 4.29. The van der Waals surface area contributed by atoms with Crippen LogP contribution in [0.2, 0.25) is 0 Å². The normalized spacial score (nSPS) is 12.5. The van der Waals surface area contributed by atoms with Crippen molar-refractivity contribution in [1.29, 1.82) is 0 Å². The number of nitrogens with zero attached hydrogens (tertiary/aromatic N) is 3. The predicted molar refractivity (Wildman–Crippen MR) is 136 cm³/mol. The van der Waals surface area contributed by atoms with Crippen molar-refractivity contribution in [3.63, 3.8) is 0 Å². The van der Waals surface area contributed by atoms with E-state index in [1.807, 2.05) is 6.92 Å². The fourth-order valence-electron chi connectivity index (χ4n) is 2.65. The number of anilines is 3. The molecule has 1 aromatic rings. The molecule has 0 saturated carbocycles. The lowest BCUT2D eigenvalue weighted by atomic mass is 10.2. The first-order valence-electron chi connectivity index (χ1n) is 12.5. The Morgan fingerprint density at radius 1 is 0.606 bits per heavy atom. The number of hydrogen-bond donors (Lipinski definition) is 3. The Kier molecular flexibility index (Phi) is 15.7. The lowest BCUT2D eigenvalue weighted by molar-refractivity contribution is 0.0555. The van der Waals surface area contributed by atoms with E-state index in [9.17, 15) is 0 Å². The molecule has 1 rings (SSSR count). The van der Waals surface area contributed by atoms with Crippen molar-refractivity contribution in [2.24, 2.45) is 17.8 Å². The first kappa shape index (κ1) is 29.3. The van der Waals surface area contributed by atoms with Crippen molar-refractivity contribution >= 4 is 17.8 Å². The Labute approximate surface area is 201 Å². The van der Waals surface area contributed by atoms with E-state index in [1.165, 1.54) is 0 Å². The van der Waals surface area contributed by atoms with Crippen LogP contribution >= 0.6 is 0 Å². The van der Waals surface area contributed by atoms with Crippen LogP contribution in [0.25, 0.3) is 0 Å². The summed E-state index contributed by atoms with van der Waals surface area (Å²) in [5, 5.41) is 9.85. The number of aromatic nitrogens is 3. The molecule has 9 heteroatoms. The van der Waals surface area contributed by atoms with Crippen molar-refractivity contribution < 1.29 is 14.2 Å². The highest BCUT2D eigenvalue weighted by atomic mass is 16.5. The van der Waals surface area contributed by atoms with Gasteiger partial charge in [0.25, 0.3) is 0 Å². The SMILES string of the molecule is CC(C)COCCCNc1nc(NCCCOCC(C)C)nc(NCC(C)OCC(C)C)n1. The number of ether oxygens (including phenoxy) is 3. The summed E-state index contributed by atoms with van der Waals surface area (Å²) in [5.74, 6) is 3.22. The quantitative estimate of drug-likeness (QED) is 0.242. The molecule has 0 fully saturated rings. The van der Waals surface area contributed by atoms with Crippen LogP contribution in [0, 0.1) is 17.8 Å². The maximum absolute atomic E-state index is 5.83. The molecule has 0 bridgehead atoms. The van der Waals surface area contributed by atoms with Crippen molar-refractivity contribution in [1.82, 2.24) is 15.0 Å². The largest absolute Gasteiger partial charge is 0.381 e. The highest BCUT2D eigenvalue weighted by Gasteiger charge is 2.09. The minimum absolute atomic E-state index is 0.0631. The molecule has 0 saturated heterocycles. The molecule has 1 aromatic heterocycles. The maximum Gasteiger partial charge on any atom is 0.229 e. The van der Waals surface area contributed by atoms with Crippen LogP contribution in [0.3, 0.4) is 0 Å².